The molecule has 0 spiro atoms. The number of fused-ring (bicyclic) bond motifs is 1. The van der Waals surface area contributed by atoms with Gasteiger partial charge in [-0.05, 0) is 65.2 Å². The van der Waals surface area contributed by atoms with E-state index in [9.17, 15) is 72.5 Å². The smallest absolute Gasteiger partial charge is 0.268 e. The lowest BCUT2D eigenvalue weighted by Gasteiger charge is -2.36. The summed E-state index contributed by atoms with van der Waals surface area (Å²) in [7, 11) is 1.10. The summed E-state index contributed by atoms with van der Waals surface area (Å²) >= 11 is 0. The third-order valence-corrected chi connectivity index (χ3v) is 13.8. The zero-order valence-corrected chi connectivity index (χ0v) is 47.3. The van der Waals surface area contributed by atoms with Crippen LogP contribution in [0.15, 0.2) is 23.5 Å². The molecule has 2 fully saturated rings. The molecule has 28 heteroatoms. The number of carbonyl (C=O) groups excluding carboxylic acids is 13. The maximum atomic E-state index is 14.6. The molecule has 0 aromatic rings. The average Bonchev–Trinajstić information content (AvgIpc) is 3.89. The molecular weight excluding hydrogens is 1050 g/mol. The van der Waals surface area contributed by atoms with E-state index < -0.39 is 186 Å². The number of rotatable bonds is 17. The first-order chi connectivity index (χ1) is 37.5. The average molecular weight is 1130 g/mol. The Labute approximate surface area is 466 Å². The molecule has 448 valence electrons. The van der Waals surface area contributed by atoms with Crippen LogP contribution in [0, 0.1) is 11.8 Å². The topological polar surface area (TPSA) is 443 Å². The van der Waals surface area contributed by atoms with Gasteiger partial charge in [0.25, 0.3) is 17.7 Å². The largest absolute Gasteiger partial charge is 0.391 e. The van der Waals surface area contributed by atoms with Crippen LogP contribution >= 0.6 is 0 Å². The lowest BCUT2D eigenvalue weighted by molar-refractivity contribution is -0.151. The summed E-state index contributed by atoms with van der Waals surface area (Å²) in [6, 6.07) is -12.7. The van der Waals surface area contributed by atoms with Crippen molar-refractivity contribution in [2.45, 2.75) is 199 Å². The Hall–Kier alpha value is -7.49. The second kappa shape index (κ2) is 33.2. The first-order valence-corrected chi connectivity index (χ1v) is 27.1. The molecule has 2 heterocycles. The third-order valence-electron chi connectivity index (χ3n) is 13.8. The Morgan fingerprint density at radius 3 is 1.74 bits per heavy atom. The number of carbonyl (C=O) groups is 13. The maximum Gasteiger partial charge on any atom is 0.268 e. The highest BCUT2D eigenvalue weighted by atomic mass is 16.3. The number of aliphatic hydroxyl groups is 2. The number of aliphatic hydroxyl groups excluding tert-OH is 2. The van der Waals surface area contributed by atoms with Gasteiger partial charge in [0, 0.05) is 20.0 Å². The van der Waals surface area contributed by atoms with Crippen molar-refractivity contribution in [3.63, 3.8) is 0 Å². The minimum Gasteiger partial charge on any atom is -0.391 e. The SMILES string of the molecule is CC=C1NC(=O)[C@H](CCC(N)=O)NC(=O)/C(=C\C)NC(=O)[C@H](C(C)C)NC(=O)C(O)C(C(C)CCCCCCCC)NC(=O)[C@@H]2CCCN2C(=O)[C@H](CC(N)=O)N(C)C(=O)[C@@H]([C@H](C)O)NC(=O)[C@H](C)NC(=O)[C@H](CC(N)=O)NC1=O. The van der Waals surface area contributed by atoms with Gasteiger partial charge in [-0.15, -0.1) is 0 Å². The fourth-order valence-corrected chi connectivity index (χ4v) is 9.04. The van der Waals surface area contributed by atoms with Crippen molar-refractivity contribution in [2.24, 2.45) is 29.0 Å². The number of allylic oxidation sites excluding steroid dienone is 2. The minimum absolute atomic E-state index is 0.0583. The van der Waals surface area contributed by atoms with Gasteiger partial charge in [0.05, 0.1) is 25.0 Å². The Morgan fingerprint density at radius 2 is 1.20 bits per heavy atom. The van der Waals surface area contributed by atoms with Gasteiger partial charge in [-0.2, -0.15) is 0 Å². The molecule has 3 unspecified atom stereocenters. The van der Waals surface area contributed by atoms with Gasteiger partial charge in [-0.3, -0.25) is 62.3 Å². The van der Waals surface area contributed by atoms with E-state index in [0.29, 0.717) is 12.8 Å². The molecule has 2 aliphatic rings. The number of hydrogen-bond donors (Lipinski definition) is 13. The number of unbranched alkanes of at least 4 members (excludes halogenated alkanes) is 5. The second-order valence-corrected chi connectivity index (χ2v) is 20.6. The van der Waals surface area contributed by atoms with Crippen LogP contribution in [0.2, 0.25) is 0 Å². The number of nitrogens with zero attached hydrogens (tertiary/aromatic N) is 2. The molecule has 11 atom stereocenters. The molecule has 0 bridgehead atoms. The summed E-state index contributed by atoms with van der Waals surface area (Å²) in [5, 5.41) is 41.9. The summed E-state index contributed by atoms with van der Waals surface area (Å²) in [6.45, 7) is 11.8. The van der Waals surface area contributed by atoms with Crippen molar-refractivity contribution < 1.29 is 72.5 Å². The molecule has 2 saturated heterocycles. The van der Waals surface area contributed by atoms with Gasteiger partial charge in [-0.1, -0.05) is 78.4 Å². The first-order valence-electron chi connectivity index (χ1n) is 27.1. The van der Waals surface area contributed by atoms with Crippen molar-refractivity contribution >= 4 is 76.8 Å². The molecule has 16 N–H and O–H groups in total. The number of hydrogen-bond acceptors (Lipinski definition) is 15. The highest BCUT2D eigenvalue weighted by molar-refractivity contribution is 6.05. The van der Waals surface area contributed by atoms with Crippen molar-refractivity contribution in [1.29, 1.82) is 0 Å². The van der Waals surface area contributed by atoms with E-state index in [1.165, 1.54) is 13.8 Å². The van der Waals surface area contributed by atoms with Gasteiger partial charge in [0.2, 0.25) is 59.1 Å². The van der Waals surface area contributed by atoms with Crippen LogP contribution in [0.3, 0.4) is 0 Å². The van der Waals surface area contributed by atoms with E-state index in [1.54, 1.807) is 20.8 Å². The van der Waals surface area contributed by atoms with Crippen molar-refractivity contribution in [3.8, 4) is 0 Å². The van der Waals surface area contributed by atoms with Crippen LogP contribution in [0.25, 0.3) is 0 Å². The number of likely N-dealkylation sites (N-methyl/N-ethyl adjacent to an activating group) is 1. The zero-order chi connectivity index (χ0) is 60.7. The molecule has 0 saturated carbocycles. The molecular formula is C52H85N13O15. The van der Waals surface area contributed by atoms with Gasteiger partial charge >= 0.3 is 0 Å². The van der Waals surface area contributed by atoms with E-state index in [4.69, 9.17) is 17.2 Å². The molecule has 28 nitrogen and oxygen atoms in total. The zero-order valence-electron chi connectivity index (χ0n) is 47.3. The van der Waals surface area contributed by atoms with Gasteiger partial charge in [0.1, 0.15) is 53.7 Å². The van der Waals surface area contributed by atoms with E-state index in [2.05, 4.69) is 49.5 Å². The summed E-state index contributed by atoms with van der Waals surface area (Å²) < 4.78 is 0. The number of nitrogens with two attached hydrogens (primary N) is 3. The Balaban J connectivity index is 2.82. The van der Waals surface area contributed by atoms with E-state index >= 15 is 0 Å². The van der Waals surface area contributed by atoms with Crippen molar-refractivity contribution in [2.75, 3.05) is 13.6 Å². The number of amides is 13. The summed E-state index contributed by atoms with van der Waals surface area (Å²) in [4.78, 5) is 178. The highest BCUT2D eigenvalue weighted by Gasteiger charge is 2.44. The molecule has 13 amide bonds. The Morgan fingerprint density at radius 1 is 0.650 bits per heavy atom. The minimum atomic E-state index is -2.01. The van der Waals surface area contributed by atoms with Crippen LogP contribution in [0.5, 0.6) is 0 Å². The first kappa shape index (κ1) is 68.6. The number of primary amides is 3. The van der Waals surface area contributed by atoms with E-state index in [-0.39, 0.29) is 19.4 Å². The highest BCUT2D eigenvalue weighted by Crippen LogP contribution is 2.24. The molecule has 80 heavy (non-hydrogen) atoms. The predicted octanol–water partition coefficient (Wildman–Crippen LogP) is -3.41. The standard InChI is InChI=1S/C52H85N13O15/c1-10-13-14-15-16-17-19-27(6)40-42(70)50(78)61-39(26(4)5)49(77)58-31(12-3)44(72)59-32(21-22-36(53)67)46(74)57-30(11-2)45(73)60-33(24-37(54)68)47(75)56-28(7)43(71)63-41(29(8)66)52(80)64(9)35(25-38(55)69)51(79)65-23-18-20-34(65)48(76)62-40/h11-12,26-29,32-35,39-42,66,70H,10,13-25H2,1-9H3,(H2,53,67)(H2,54,68)(H2,55,69)(H,56,75)(H,57,74)(H,58,77)(H,59,72)(H,60,73)(H,61,78)(H,62,76)(H,63,71)/b30-11?,31-12+/t27?,28-,29-,32-,33-,34-,35-,39-,40?,41+,42?/m0/s1. The molecule has 2 rings (SSSR count). The Bertz CT molecular complexity index is 2340. The van der Waals surface area contributed by atoms with Crippen LogP contribution in [0.4, 0.5) is 0 Å². The maximum absolute atomic E-state index is 14.6. The second-order valence-electron chi connectivity index (χ2n) is 20.6. The van der Waals surface area contributed by atoms with Gasteiger partial charge < -0.3 is 79.7 Å². The lowest BCUT2D eigenvalue weighted by atomic mass is 9.90. The molecule has 0 aromatic carbocycles. The third kappa shape index (κ3) is 21.0. The molecule has 0 radical (unpaired) electrons. The molecule has 2 aliphatic heterocycles. The normalized spacial score (nSPS) is 27.1. The fourth-order valence-electron chi connectivity index (χ4n) is 9.04. The quantitative estimate of drug-likeness (QED) is 0.0499. The summed E-state index contributed by atoms with van der Waals surface area (Å²) in [6.07, 6.45) is 2.11. The van der Waals surface area contributed by atoms with E-state index in [0.717, 1.165) is 75.0 Å². The van der Waals surface area contributed by atoms with Crippen LogP contribution in [-0.2, 0) is 62.3 Å². The molecule has 0 aromatic heterocycles. The van der Waals surface area contributed by atoms with Crippen molar-refractivity contribution in [3.05, 3.63) is 23.5 Å². The monoisotopic (exact) mass is 1130 g/mol. The summed E-state index contributed by atoms with van der Waals surface area (Å²) in [5.41, 5.74) is 15.3. The lowest BCUT2D eigenvalue weighted by Crippen LogP contribution is -2.62. The van der Waals surface area contributed by atoms with Gasteiger partial charge in [-0.25, -0.2) is 0 Å². The number of nitrogens with one attached hydrogen (secondary N) is 8. The summed E-state index contributed by atoms with van der Waals surface area (Å²) in [5.74, 6) is -14.9. The predicted molar refractivity (Wildman–Crippen MR) is 288 cm³/mol. The van der Waals surface area contributed by atoms with Crippen LogP contribution in [0.1, 0.15) is 139 Å². The van der Waals surface area contributed by atoms with Crippen molar-refractivity contribution in [1.82, 2.24) is 52.3 Å². The van der Waals surface area contributed by atoms with Crippen LogP contribution in [-0.4, -0.2) is 171 Å². The van der Waals surface area contributed by atoms with Crippen LogP contribution < -0.4 is 59.7 Å². The van der Waals surface area contributed by atoms with Gasteiger partial charge in [0.15, 0.2) is 6.10 Å². The van der Waals surface area contributed by atoms with E-state index in [1.807, 2.05) is 0 Å². The fraction of sp³-hybridized carbons (Fsp3) is 0.673. The molecule has 0 aliphatic carbocycles. The Kier molecular flexibility index (Phi) is 28.5.